The smallest absolute Gasteiger partial charge is 0.293 e. The van der Waals surface area contributed by atoms with Gasteiger partial charge >= 0.3 is 0 Å². The predicted octanol–water partition coefficient (Wildman–Crippen LogP) is 8.78. The highest BCUT2D eigenvalue weighted by Crippen LogP contribution is 2.45. The number of piperidine rings is 1. The van der Waals surface area contributed by atoms with Gasteiger partial charge in [0.1, 0.15) is 23.8 Å². The van der Waals surface area contributed by atoms with Gasteiger partial charge in [-0.1, -0.05) is 6.37 Å². The number of nitrogens with zero attached hydrogens (tertiary/aromatic N) is 1. The lowest BCUT2D eigenvalue weighted by Crippen LogP contribution is -2.50. The van der Waals surface area contributed by atoms with Crippen LogP contribution in [-0.4, -0.2) is 48.4 Å². The lowest BCUT2D eigenvalue weighted by Gasteiger charge is -2.42. The van der Waals surface area contributed by atoms with Crippen molar-refractivity contribution < 1.29 is 43.1 Å². The number of fused-ring (bicyclic) bond motifs is 1. The van der Waals surface area contributed by atoms with E-state index in [1.165, 1.54) is 20.8 Å². The number of aryl methyl sites for hydroxylation is 1. The molecule has 6 heteroatoms. The van der Waals surface area contributed by atoms with Gasteiger partial charge in [-0.2, -0.15) is 0 Å². The number of aromatic hydroxyl groups is 2. The molecule has 0 amide bonds. The average Bonchev–Trinajstić information content (AvgIpc) is 3.54. The van der Waals surface area contributed by atoms with E-state index in [-0.39, 0.29) is 59.5 Å². The molecule has 2 N–H and O–H groups in total. The molecule has 3 aromatic carbocycles. The number of rotatable bonds is 9. The summed E-state index contributed by atoms with van der Waals surface area (Å²) in [4.78, 5) is 15.4. The summed E-state index contributed by atoms with van der Waals surface area (Å²) in [6.45, 7) is 6.12. The Bertz CT molecular complexity index is 2440. The highest BCUT2D eigenvalue weighted by molar-refractivity contribution is 7.23. The maximum absolute atomic E-state index is 15.2. The lowest BCUT2D eigenvalue weighted by molar-refractivity contribution is 0.0396. The fraction of sp³-hybridized carbons (Fsp3) is 0.417. The fourth-order valence-corrected chi connectivity index (χ4v) is 6.20. The van der Waals surface area contributed by atoms with E-state index < -0.39 is 96.8 Å². The Morgan fingerprint density at radius 3 is 2.55 bits per heavy atom. The van der Waals surface area contributed by atoms with E-state index in [1.54, 1.807) is 13.8 Å². The number of phenols is 2. The van der Waals surface area contributed by atoms with E-state index in [0.29, 0.717) is 11.1 Å². The summed E-state index contributed by atoms with van der Waals surface area (Å²) in [7, 11) is 0. The van der Waals surface area contributed by atoms with Gasteiger partial charge in [0.05, 0.1) is 12.3 Å². The maximum atomic E-state index is 15.2. The second-order valence-electron chi connectivity index (χ2n) is 10.1. The molecule has 0 saturated carbocycles. The highest BCUT2D eigenvalue weighted by atomic mass is 32.1. The zero-order chi connectivity index (χ0) is 47.0. The third-order valence-electron chi connectivity index (χ3n) is 7.44. The van der Waals surface area contributed by atoms with Crippen LogP contribution in [0.25, 0.3) is 20.5 Å². The van der Waals surface area contributed by atoms with Crippen molar-refractivity contribution >= 4 is 27.2 Å². The Morgan fingerprint density at radius 1 is 1.12 bits per heavy atom. The minimum Gasteiger partial charge on any atom is -0.508 e. The first kappa shape index (κ1) is 14.4. The largest absolute Gasteiger partial charge is 0.508 e. The number of benzene rings is 3. The number of phenolic OH excluding ortho intramolecular Hbond substituents is 2. The van der Waals surface area contributed by atoms with Crippen molar-refractivity contribution in [3.05, 3.63) is 75.2 Å². The first-order valence-corrected chi connectivity index (χ1v) is 13.9. The van der Waals surface area contributed by atoms with Crippen molar-refractivity contribution in [3.8, 4) is 27.7 Å². The van der Waals surface area contributed by atoms with Gasteiger partial charge in [0, 0.05) is 55.1 Å². The SMILES string of the molecule is [2H]Oc1c([2H])c([2H])c(-c2sc3c([2H])c(O[2H])c(C)c(C)c3c2C(=O)c2c([2H])c([2H])c(OC([2H])([2H])C([2H])(C)N3C([2H])(C)C([2H])([2H])C([2H])([2H])C([2H])([2H])C3([2H])C)c(C)c2C)c(C)c1[2H]. The number of hydrogen-bond donors (Lipinski definition) is 2. The summed E-state index contributed by atoms with van der Waals surface area (Å²) >= 11 is 0.823. The number of hydrogen-bond acceptors (Lipinski definition) is 6. The molecule has 1 aromatic heterocycles. The van der Waals surface area contributed by atoms with Crippen molar-refractivity contribution in [2.75, 3.05) is 6.56 Å². The number of ketones is 1. The van der Waals surface area contributed by atoms with E-state index in [4.69, 9.17) is 34.6 Å². The molecule has 2 heterocycles. The standard InChI is InChI=1S/C36H43NO4S/c1-19-16-27(38)12-13-28(19)36-34(33-26(8)24(6)30(39)17-32(33)42-36)35(40)29-14-15-31(25(7)23(29)5)41-18-22(4)37-20(2)10-9-11-21(37)3/h12-17,20-22,38-39H,9-11,18H2,1-8H3/i9D2,10D2,11D2,12D,13D,14D,15D,16D,17D,18D2,20D,21D,22D/hD2. The molecule has 5 rings (SSSR count). The molecule has 1 aliphatic rings. The summed E-state index contributed by atoms with van der Waals surface area (Å²) in [5.41, 5.74) is -0.162. The Labute approximate surface area is 280 Å². The van der Waals surface area contributed by atoms with Crippen LogP contribution in [0.3, 0.4) is 0 Å². The van der Waals surface area contributed by atoms with E-state index in [2.05, 4.69) is 5.11 Å². The number of carbonyl (C=O) groups excluding carboxylic acids is 1. The third-order valence-corrected chi connectivity index (χ3v) is 8.57. The Morgan fingerprint density at radius 2 is 1.86 bits per heavy atom. The Balaban J connectivity index is 1.77. The van der Waals surface area contributed by atoms with Crippen LogP contribution in [0.5, 0.6) is 17.2 Å². The quantitative estimate of drug-likeness (QED) is 0.187. The molecule has 42 heavy (non-hydrogen) atoms. The second kappa shape index (κ2) is 11.7. The molecule has 0 spiro atoms. The molecule has 5 nitrogen and oxygen atoms in total. The molecule has 1 fully saturated rings. The monoisotopic (exact) mass is 604 g/mol. The Hall–Kier alpha value is -3.35. The zero-order valence-electron chi connectivity index (χ0n) is 43.5. The first-order valence-electron chi connectivity index (χ1n) is 22.4. The molecular formula is C36H43NO4S. The Kier molecular flexibility index (Phi) is 4.03. The number of thiophene rings is 1. The van der Waals surface area contributed by atoms with Crippen molar-refractivity contribution in [1.29, 1.82) is 2.86 Å². The summed E-state index contributed by atoms with van der Waals surface area (Å²) in [6, 6.07) is -12.7. The van der Waals surface area contributed by atoms with E-state index in [1.807, 2.05) is 0 Å². The minimum absolute atomic E-state index is 0.0219. The molecule has 3 atom stereocenters. The van der Waals surface area contributed by atoms with Gasteiger partial charge in [-0.05, 0) is 138 Å². The van der Waals surface area contributed by atoms with Crippen LogP contribution in [-0.2, 0) is 0 Å². The molecule has 1 saturated heterocycles. The third kappa shape index (κ3) is 5.31. The van der Waals surface area contributed by atoms with Crippen LogP contribution in [0.4, 0.5) is 0 Å². The van der Waals surface area contributed by atoms with E-state index in [0.717, 1.165) is 32.1 Å². The van der Waals surface area contributed by atoms with Crippen molar-refractivity contribution in [3.63, 3.8) is 0 Å². The van der Waals surface area contributed by atoms with Crippen LogP contribution in [0.1, 0.15) is 107 Å². The van der Waals surface area contributed by atoms with E-state index >= 15 is 4.79 Å². The van der Waals surface area contributed by atoms with Crippen molar-refractivity contribution in [2.24, 2.45) is 0 Å². The predicted molar refractivity (Wildman–Crippen MR) is 174 cm³/mol. The average molecular weight is 605 g/mol. The number of likely N-dealkylation sites (tertiary alicyclic amines) is 1. The van der Waals surface area contributed by atoms with Crippen LogP contribution >= 0.6 is 11.3 Å². The van der Waals surface area contributed by atoms with Crippen LogP contribution in [0.15, 0.2) is 36.3 Å². The molecule has 0 bridgehead atoms. The topological polar surface area (TPSA) is 70.0 Å². The second-order valence-corrected chi connectivity index (χ2v) is 11.1. The molecular weight excluding hydrogens is 542 g/mol. The number of ether oxygens (including phenoxy) is 1. The molecule has 4 aromatic rings. The van der Waals surface area contributed by atoms with Crippen LogP contribution in [0, 0.1) is 34.6 Å². The fourth-order valence-electron chi connectivity index (χ4n) is 4.90. The van der Waals surface area contributed by atoms with Gasteiger partial charge in [-0.25, -0.2) is 0 Å². The zero-order valence-corrected chi connectivity index (χ0v) is 25.3. The summed E-state index contributed by atoms with van der Waals surface area (Å²) in [5.74, 6) is -2.26. The van der Waals surface area contributed by atoms with Crippen LogP contribution < -0.4 is 4.74 Å². The normalized spacial score (nSPS) is 32.9. The van der Waals surface area contributed by atoms with E-state index in [9.17, 15) is 1.37 Å². The van der Waals surface area contributed by atoms with Gasteiger partial charge in [0.15, 0.2) is 5.78 Å². The molecule has 3 unspecified atom stereocenters. The van der Waals surface area contributed by atoms with Crippen molar-refractivity contribution in [1.82, 2.24) is 4.90 Å². The van der Waals surface area contributed by atoms with Gasteiger partial charge in [-0.15, -0.1) is 11.3 Å². The van der Waals surface area contributed by atoms with Gasteiger partial charge in [0.2, 0.25) is 0 Å². The number of carbonyl (C=O) groups is 1. The summed E-state index contributed by atoms with van der Waals surface area (Å²) in [6.07, 6.45) is -10.4. The first-order chi connectivity index (χ1) is 27.5. The molecule has 1 aliphatic heterocycles. The van der Waals surface area contributed by atoms with Gasteiger partial charge < -0.3 is 15.0 Å². The minimum atomic E-state index is -3.49. The summed E-state index contributed by atoms with van der Waals surface area (Å²) < 4.78 is 170. The highest BCUT2D eigenvalue weighted by Gasteiger charge is 2.30. The maximum Gasteiger partial charge on any atom is 0.293 e. The molecule has 0 aliphatic carbocycles. The van der Waals surface area contributed by atoms with Crippen molar-refractivity contribution in [2.45, 2.75) is 92.6 Å². The van der Waals surface area contributed by atoms with Crippen LogP contribution in [0.2, 0.25) is 0 Å². The molecule has 0 radical (unpaired) electrons. The lowest BCUT2D eigenvalue weighted by atomic mass is 9.90. The van der Waals surface area contributed by atoms with Gasteiger partial charge in [-0.3, -0.25) is 9.69 Å². The summed E-state index contributed by atoms with van der Waals surface area (Å²) in [5, 5.41) is 9.41. The molecule has 222 valence electrons. The van der Waals surface area contributed by atoms with Gasteiger partial charge in [0.25, 0.3) is 2.86 Å².